The fraction of sp³-hybridized carbons (Fsp3) is 0.424. The van der Waals surface area contributed by atoms with Crippen molar-refractivity contribution in [2.45, 2.75) is 45.3 Å². The first-order valence-electron chi connectivity index (χ1n) is 14.5. The molecule has 0 saturated heterocycles. The topological polar surface area (TPSA) is 79.4 Å². The van der Waals surface area contributed by atoms with Gasteiger partial charge in [-0.05, 0) is 81.2 Å². The van der Waals surface area contributed by atoms with E-state index in [9.17, 15) is 18.8 Å². The number of carbonyl (C=O) groups is 3. The van der Waals surface area contributed by atoms with Gasteiger partial charge in [-0.3, -0.25) is 9.59 Å². The van der Waals surface area contributed by atoms with Gasteiger partial charge in [0.2, 0.25) is 5.91 Å². The number of rotatable bonds is 13. The van der Waals surface area contributed by atoms with Crippen molar-refractivity contribution in [1.29, 1.82) is 0 Å². The van der Waals surface area contributed by atoms with Crippen molar-refractivity contribution in [2.24, 2.45) is 0 Å². The van der Waals surface area contributed by atoms with Gasteiger partial charge in [0.25, 0.3) is 5.91 Å². The Morgan fingerprint density at radius 3 is 2.52 bits per heavy atom. The average Bonchev–Trinajstić information content (AvgIpc) is 3.04. The van der Waals surface area contributed by atoms with Gasteiger partial charge < -0.3 is 24.2 Å². The third-order valence-electron chi connectivity index (χ3n) is 7.38. The maximum absolute atomic E-state index is 14.5. The van der Waals surface area contributed by atoms with E-state index in [0.29, 0.717) is 25.1 Å². The summed E-state index contributed by atoms with van der Waals surface area (Å²) >= 11 is 0. The molecule has 9 heteroatoms. The largest absolute Gasteiger partial charge is 0.461 e. The summed E-state index contributed by atoms with van der Waals surface area (Å²) in [6.45, 7) is 5.31. The number of halogens is 1. The fourth-order valence-corrected chi connectivity index (χ4v) is 5.20. The van der Waals surface area contributed by atoms with E-state index in [4.69, 9.17) is 9.47 Å². The number of esters is 1. The fourth-order valence-electron chi connectivity index (χ4n) is 5.20. The van der Waals surface area contributed by atoms with Gasteiger partial charge in [-0.25, -0.2) is 9.18 Å². The number of hydrogen-bond acceptors (Lipinski definition) is 6. The molecule has 1 aliphatic rings. The zero-order chi connectivity index (χ0) is 30.2. The van der Waals surface area contributed by atoms with Crippen LogP contribution >= 0.6 is 0 Å². The highest BCUT2D eigenvalue weighted by molar-refractivity contribution is 6.09. The van der Waals surface area contributed by atoms with E-state index in [-0.39, 0.29) is 42.8 Å². The molecule has 4 rings (SSSR count). The number of nitrogens with zero attached hydrogens (tertiary/aromatic N) is 3. The van der Waals surface area contributed by atoms with Gasteiger partial charge in [0.1, 0.15) is 19.0 Å². The van der Waals surface area contributed by atoms with Gasteiger partial charge >= 0.3 is 5.97 Å². The molecule has 2 amide bonds. The number of benzene rings is 3. The van der Waals surface area contributed by atoms with Crippen LogP contribution in [-0.4, -0.2) is 80.6 Å². The second kappa shape index (κ2) is 14.4. The summed E-state index contributed by atoms with van der Waals surface area (Å²) in [6.07, 6.45) is 1.68. The Bertz CT molecular complexity index is 1410. The molecule has 0 aliphatic carbocycles. The van der Waals surface area contributed by atoms with Crippen LogP contribution < -0.4 is 4.90 Å². The Balaban J connectivity index is 1.33. The van der Waals surface area contributed by atoms with Gasteiger partial charge in [-0.2, -0.15) is 0 Å². The highest BCUT2D eigenvalue weighted by Crippen LogP contribution is 2.28. The van der Waals surface area contributed by atoms with Crippen LogP contribution in [0.5, 0.6) is 0 Å². The monoisotopic (exact) mass is 577 g/mol. The van der Waals surface area contributed by atoms with E-state index >= 15 is 0 Å². The van der Waals surface area contributed by atoms with E-state index < -0.39 is 11.7 Å². The number of likely N-dealkylation sites (N-methyl/N-ethyl adjacent to an activating group) is 1. The van der Waals surface area contributed by atoms with E-state index in [0.717, 1.165) is 35.8 Å². The van der Waals surface area contributed by atoms with E-state index in [1.54, 1.807) is 6.07 Å². The third-order valence-corrected chi connectivity index (χ3v) is 7.38. The molecule has 0 fully saturated rings. The Hall–Kier alpha value is -3.82. The van der Waals surface area contributed by atoms with Crippen LogP contribution in [0.1, 0.15) is 55.1 Å². The second-order valence-corrected chi connectivity index (χ2v) is 11.1. The maximum atomic E-state index is 14.5. The first-order chi connectivity index (χ1) is 20.1. The van der Waals surface area contributed by atoms with Crippen LogP contribution in [0.25, 0.3) is 10.8 Å². The molecule has 3 aromatic rings. The molecule has 0 saturated carbocycles. The standard InChI is InChI=1S/C33H40FN3O5/c1-23(2)42-31(39)22-41-29(26-15-14-24-10-5-6-11-25(24)20-26)16-19-35(3)17-7-8-18-37-28-13-9-12-27(34)32(28)33(40)36(4)21-30(37)38/h5-6,9-15,20,23,29H,7-8,16-19,21-22H2,1-4H3. The summed E-state index contributed by atoms with van der Waals surface area (Å²) in [5.41, 5.74) is 1.28. The van der Waals surface area contributed by atoms with Gasteiger partial charge in [-0.1, -0.05) is 42.5 Å². The van der Waals surface area contributed by atoms with Gasteiger partial charge in [-0.15, -0.1) is 0 Å². The number of amides is 2. The average molecular weight is 578 g/mol. The summed E-state index contributed by atoms with van der Waals surface area (Å²) in [5.74, 6) is -1.72. The quantitative estimate of drug-likeness (QED) is 0.205. The minimum absolute atomic E-state index is 0.0556. The molecule has 8 nitrogen and oxygen atoms in total. The van der Waals surface area contributed by atoms with Crippen LogP contribution in [0.3, 0.4) is 0 Å². The summed E-state index contributed by atoms with van der Waals surface area (Å²) in [6, 6.07) is 18.7. The number of hydrogen-bond donors (Lipinski definition) is 0. The molecule has 1 heterocycles. The molecule has 0 spiro atoms. The molecule has 224 valence electrons. The van der Waals surface area contributed by atoms with E-state index in [1.807, 2.05) is 39.1 Å². The predicted octanol–water partition coefficient (Wildman–Crippen LogP) is 5.21. The van der Waals surface area contributed by atoms with Gasteiger partial charge in [0.15, 0.2) is 0 Å². The molecule has 1 aliphatic heterocycles. The van der Waals surface area contributed by atoms with Crippen LogP contribution in [0, 0.1) is 5.82 Å². The molecular formula is C33H40FN3O5. The molecule has 0 aromatic heterocycles. The highest BCUT2D eigenvalue weighted by Gasteiger charge is 2.31. The van der Waals surface area contributed by atoms with Crippen molar-refractivity contribution in [2.75, 3.05) is 51.8 Å². The lowest BCUT2D eigenvalue weighted by Gasteiger charge is -2.24. The first kappa shape index (κ1) is 31.1. The zero-order valence-corrected chi connectivity index (χ0v) is 24.8. The Morgan fingerprint density at radius 1 is 1.00 bits per heavy atom. The number of unbranched alkanes of at least 4 members (excludes halogenated alkanes) is 1. The summed E-state index contributed by atoms with van der Waals surface area (Å²) in [7, 11) is 3.54. The predicted molar refractivity (Wildman–Crippen MR) is 161 cm³/mol. The maximum Gasteiger partial charge on any atom is 0.332 e. The Morgan fingerprint density at radius 2 is 1.76 bits per heavy atom. The van der Waals surface area contributed by atoms with Crippen molar-refractivity contribution < 1.29 is 28.2 Å². The number of fused-ring (bicyclic) bond motifs is 2. The zero-order valence-electron chi connectivity index (χ0n) is 24.8. The summed E-state index contributed by atoms with van der Waals surface area (Å²) in [5, 5.41) is 2.25. The van der Waals surface area contributed by atoms with Gasteiger partial charge in [0, 0.05) is 20.1 Å². The lowest BCUT2D eigenvalue weighted by atomic mass is 10.0. The molecule has 0 N–H and O–H groups in total. The second-order valence-electron chi connectivity index (χ2n) is 11.1. The van der Waals surface area contributed by atoms with Crippen molar-refractivity contribution in [3.8, 4) is 0 Å². The number of ether oxygens (including phenoxy) is 2. The van der Waals surface area contributed by atoms with Crippen LogP contribution in [0.4, 0.5) is 10.1 Å². The normalized spacial score (nSPS) is 14.5. The van der Waals surface area contributed by atoms with Crippen molar-refractivity contribution in [1.82, 2.24) is 9.80 Å². The molecule has 3 aromatic carbocycles. The first-order valence-corrected chi connectivity index (χ1v) is 14.5. The van der Waals surface area contributed by atoms with E-state index in [1.165, 1.54) is 29.0 Å². The molecule has 42 heavy (non-hydrogen) atoms. The smallest absolute Gasteiger partial charge is 0.332 e. The highest BCUT2D eigenvalue weighted by atomic mass is 19.1. The van der Waals surface area contributed by atoms with E-state index in [2.05, 4.69) is 29.2 Å². The molecule has 1 atom stereocenters. The lowest BCUT2D eigenvalue weighted by molar-refractivity contribution is -0.155. The lowest BCUT2D eigenvalue weighted by Crippen LogP contribution is -2.38. The van der Waals surface area contributed by atoms with Crippen molar-refractivity contribution >= 4 is 34.2 Å². The Kier molecular flexibility index (Phi) is 10.7. The Labute approximate surface area is 247 Å². The van der Waals surface area contributed by atoms with Crippen LogP contribution in [0.2, 0.25) is 0 Å². The SMILES string of the molecule is CC(C)OC(=O)COC(CCN(C)CCCCN1C(=O)CN(C)C(=O)c2c(F)cccc21)c1ccc2ccccc2c1. The number of anilines is 1. The van der Waals surface area contributed by atoms with Crippen LogP contribution in [0.15, 0.2) is 60.7 Å². The third kappa shape index (κ3) is 7.92. The molecule has 1 unspecified atom stereocenters. The minimum Gasteiger partial charge on any atom is -0.461 e. The minimum atomic E-state index is -0.621. The molecular weight excluding hydrogens is 537 g/mol. The number of carbonyl (C=O) groups excluding carboxylic acids is 3. The summed E-state index contributed by atoms with van der Waals surface area (Å²) < 4.78 is 25.9. The van der Waals surface area contributed by atoms with Crippen molar-refractivity contribution in [3.05, 3.63) is 77.6 Å². The van der Waals surface area contributed by atoms with Crippen LogP contribution in [-0.2, 0) is 19.1 Å². The molecule has 0 bridgehead atoms. The van der Waals surface area contributed by atoms with Crippen molar-refractivity contribution in [3.63, 3.8) is 0 Å². The summed E-state index contributed by atoms with van der Waals surface area (Å²) in [4.78, 5) is 42.7. The molecule has 0 radical (unpaired) electrons. The van der Waals surface area contributed by atoms with Gasteiger partial charge in [0.05, 0.1) is 23.5 Å².